The van der Waals surface area contributed by atoms with Gasteiger partial charge in [-0.25, -0.2) is 0 Å². The first-order chi connectivity index (χ1) is 8.26. The molecule has 0 aromatic rings. The molecule has 1 rings (SSSR count). The van der Waals surface area contributed by atoms with E-state index in [1.807, 2.05) is 0 Å². The zero-order valence-corrected chi connectivity index (χ0v) is 11.3. The lowest BCUT2D eigenvalue weighted by molar-refractivity contribution is -0.122. The average molecular weight is 241 g/mol. The van der Waals surface area contributed by atoms with Crippen molar-refractivity contribution in [3.05, 3.63) is 0 Å². The third kappa shape index (κ3) is 6.06. The molecule has 1 atom stereocenters. The number of hydrogen-bond acceptors (Lipinski definition) is 2. The molecule has 1 saturated heterocycles. The topological polar surface area (TPSA) is 38.3 Å². The van der Waals surface area contributed by atoms with Crippen LogP contribution >= 0.6 is 0 Å². The van der Waals surface area contributed by atoms with Crippen molar-refractivity contribution >= 4 is 5.91 Å². The summed E-state index contributed by atoms with van der Waals surface area (Å²) in [7, 11) is 0. The van der Waals surface area contributed by atoms with Crippen molar-refractivity contribution in [2.45, 2.75) is 64.9 Å². The highest BCUT2D eigenvalue weighted by atomic mass is 16.5. The second-order valence-corrected chi connectivity index (χ2v) is 5.01. The van der Waals surface area contributed by atoms with Crippen LogP contribution in [0, 0.1) is 5.92 Å². The molecule has 0 aromatic carbocycles. The van der Waals surface area contributed by atoms with Crippen LogP contribution in [-0.4, -0.2) is 25.2 Å². The van der Waals surface area contributed by atoms with Crippen LogP contribution in [0.25, 0.3) is 0 Å². The van der Waals surface area contributed by atoms with Crippen LogP contribution in [0.4, 0.5) is 0 Å². The van der Waals surface area contributed by atoms with E-state index in [1.54, 1.807) is 0 Å². The third-order valence-electron chi connectivity index (χ3n) is 3.71. The Hall–Kier alpha value is -0.570. The molecule has 0 spiro atoms. The molecule has 0 saturated carbocycles. The van der Waals surface area contributed by atoms with Crippen molar-refractivity contribution in [3.63, 3.8) is 0 Å². The first-order valence-corrected chi connectivity index (χ1v) is 7.14. The molecule has 1 aliphatic heterocycles. The van der Waals surface area contributed by atoms with Crippen molar-refractivity contribution in [2.24, 2.45) is 5.92 Å². The third-order valence-corrected chi connectivity index (χ3v) is 3.71. The summed E-state index contributed by atoms with van der Waals surface area (Å²) < 4.78 is 5.62. The van der Waals surface area contributed by atoms with E-state index in [9.17, 15) is 4.79 Å². The van der Waals surface area contributed by atoms with E-state index in [0.717, 1.165) is 38.8 Å². The first-order valence-electron chi connectivity index (χ1n) is 7.14. The van der Waals surface area contributed by atoms with Crippen LogP contribution in [0.3, 0.4) is 0 Å². The molecule has 1 aliphatic rings. The van der Waals surface area contributed by atoms with Crippen LogP contribution in [0.5, 0.6) is 0 Å². The van der Waals surface area contributed by atoms with Gasteiger partial charge >= 0.3 is 0 Å². The van der Waals surface area contributed by atoms with Gasteiger partial charge in [0.2, 0.25) is 5.91 Å². The van der Waals surface area contributed by atoms with E-state index < -0.39 is 0 Å². The van der Waals surface area contributed by atoms with Crippen LogP contribution in [-0.2, 0) is 9.53 Å². The number of carbonyl (C=O) groups excluding carboxylic acids is 1. The molecule has 0 aromatic heterocycles. The summed E-state index contributed by atoms with van der Waals surface area (Å²) in [6.07, 6.45) is 7.66. The zero-order valence-electron chi connectivity index (χ0n) is 11.3. The molecular formula is C14H27NO2. The van der Waals surface area contributed by atoms with Gasteiger partial charge in [0.1, 0.15) is 0 Å². The van der Waals surface area contributed by atoms with Crippen molar-refractivity contribution in [1.82, 2.24) is 5.32 Å². The SMILES string of the molecule is CCC(CC)CNC(=O)CCC1CCCCO1. The van der Waals surface area contributed by atoms with E-state index in [2.05, 4.69) is 19.2 Å². The van der Waals surface area contributed by atoms with Gasteiger partial charge in [-0.1, -0.05) is 26.7 Å². The van der Waals surface area contributed by atoms with Gasteiger partial charge in [0.15, 0.2) is 0 Å². The normalized spacial score (nSPS) is 20.5. The molecule has 1 amide bonds. The van der Waals surface area contributed by atoms with E-state index >= 15 is 0 Å². The minimum Gasteiger partial charge on any atom is -0.378 e. The molecule has 3 heteroatoms. The van der Waals surface area contributed by atoms with Gasteiger partial charge in [0.05, 0.1) is 6.10 Å². The second kappa shape index (κ2) is 8.51. The summed E-state index contributed by atoms with van der Waals surface area (Å²) in [5.74, 6) is 0.816. The predicted octanol–water partition coefficient (Wildman–Crippen LogP) is 2.89. The Balaban J connectivity index is 2.07. The Kier molecular flexibility index (Phi) is 7.25. The maximum Gasteiger partial charge on any atom is 0.220 e. The van der Waals surface area contributed by atoms with Gasteiger partial charge in [-0.2, -0.15) is 0 Å². The first kappa shape index (κ1) is 14.5. The quantitative estimate of drug-likeness (QED) is 0.744. The number of rotatable bonds is 7. The van der Waals surface area contributed by atoms with Crippen molar-refractivity contribution < 1.29 is 9.53 Å². The average Bonchev–Trinajstić information content (AvgIpc) is 2.39. The van der Waals surface area contributed by atoms with Gasteiger partial charge in [0, 0.05) is 19.6 Å². The van der Waals surface area contributed by atoms with Crippen LogP contribution in [0.2, 0.25) is 0 Å². The highest BCUT2D eigenvalue weighted by Gasteiger charge is 2.15. The highest BCUT2D eigenvalue weighted by molar-refractivity contribution is 5.75. The smallest absolute Gasteiger partial charge is 0.220 e. The zero-order chi connectivity index (χ0) is 12.5. The minimum atomic E-state index is 0.186. The molecule has 1 N–H and O–H groups in total. The van der Waals surface area contributed by atoms with Gasteiger partial charge in [-0.3, -0.25) is 4.79 Å². The van der Waals surface area contributed by atoms with Crippen molar-refractivity contribution in [3.8, 4) is 0 Å². The maximum absolute atomic E-state index is 11.7. The van der Waals surface area contributed by atoms with E-state index in [-0.39, 0.29) is 5.91 Å². The Bertz CT molecular complexity index is 208. The predicted molar refractivity (Wildman–Crippen MR) is 69.9 cm³/mol. The van der Waals surface area contributed by atoms with Crippen LogP contribution in [0.1, 0.15) is 58.8 Å². The number of carbonyl (C=O) groups is 1. The molecule has 1 unspecified atom stereocenters. The monoisotopic (exact) mass is 241 g/mol. The molecule has 1 heterocycles. The van der Waals surface area contributed by atoms with Crippen molar-refractivity contribution in [1.29, 1.82) is 0 Å². The fourth-order valence-corrected chi connectivity index (χ4v) is 2.25. The Morgan fingerprint density at radius 1 is 1.35 bits per heavy atom. The highest BCUT2D eigenvalue weighted by Crippen LogP contribution is 2.16. The van der Waals surface area contributed by atoms with Gasteiger partial charge in [-0.05, 0) is 31.6 Å². The Morgan fingerprint density at radius 2 is 2.12 bits per heavy atom. The molecule has 3 nitrogen and oxygen atoms in total. The summed E-state index contributed by atoms with van der Waals surface area (Å²) in [6.45, 7) is 6.06. The fraction of sp³-hybridized carbons (Fsp3) is 0.929. The summed E-state index contributed by atoms with van der Waals surface area (Å²) in [5, 5.41) is 3.03. The molecule has 17 heavy (non-hydrogen) atoms. The standard InChI is InChI=1S/C14H27NO2/c1-3-12(4-2)11-15-14(16)9-8-13-7-5-6-10-17-13/h12-13H,3-11H2,1-2H3,(H,15,16). The van der Waals surface area contributed by atoms with Crippen LogP contribution < -0.4 is 5.32 Å². The van der Waals surface area contributed by atoms with E-state index in [1.165, 1.54) is 12.8 Å². The second-order valence-electron chi connectivity index (χ2n) is 5.01. The number of hydrogen-bond donors (Lipinski definition) is 1. The minimum absolute atomic E-state index is 0.186. The number of nitrogens with one attached hydrogen (secondary N) is 1. The van der Waals surface area contributed by atoms with Gasteiger partial charge in [-0.15, -0.1) is 0 Å². The summed E-state index contributed by atoms with van der Waals surface area (Å²) in [5.41, 5.74) is 0. The molecule has 0 aliphatic carbocycles. The van der Waals surface area contributed by atoms with Gasteiger partial charge < -0.3 is 10.1 Å². The van der Waals surface area contributed by atoms with Gasteiger partial charge in [0.25, 0.3) is 0 Å². The molecule has 0 radical (unpaired) electrons. The number of amides is 1. The fourth-order valence-electron chi connectivity index (χ4n) is 2.25. The molecule has 0 bridgehead atoms. The summed E-state index contributed by atoms with van der Waals surface area (Å²) in [4.78, 5) is 11.7. The lowest BCUT2D eigenvalue weighted by atomic mass is 10.0. The van der Waals surface area contributed by atoms with E-state index in [0.29, 0.717) is 18.4 Å². The van der Waals surface area contributed by atoms with E-state index in [4.69, 9.17) is 4.74 Å². The lowest BCUT2D eigenvalue weighted by Gasteiger charge is -2.22. The van der Waals surface area contributed by atoms with Crippen LogP contribution in [0.15, 0.2) is 0 Å². The Morgan fingerprint density at radius 3 is 2.71 bits per heavy atom. The molecular weight excluding hydrogens is 214 g/mol. The summed E-state index contributed by atoms with van der Waals surface area (Å²) in [6, 6.07) is 0. The lowest BCUT2D eigenvalue weighted by Crippen LogP contribution is -2.30. The molecule has 1 fully saturated rings. The molecule has 100 valence electrons. The largest absolute Gasteiger partial charge is 0.378 e. The van der Waals surface area contributed by atoms with Crippen molar-refractivity contribution in [2.75, 3.05) is 13.2 Å². The summed E-state index contributed by atoms with van der Waals surface area (Å²) >= 11 is 0. The number of ether oxygens (including phenoxy) is 1. The Labute approximate surface area is 105 Å². The maximum atomic E-state index is 11.7.